The standard InChI is InChI=1S/C11H15N3O4S2/c1-19(15,16)13-6-7-14-20(17,18)9-11-4-2-10(8-12)3-5-11/h2-5,13-14H,6-7,9H2,1H3. The Bertz CT molecular complexity index is 688. The molecule has 9 heteroatoms. The minimum absolute atomic E-state index is 0.00850. The third-order valence-corrected chi connectivity index (χ3v) is 4.34. The van der Waals surface area contributed by atoms with E-state index >= 15 is 0 Å². The van der Waals surface area contributed by atoms with Crippen LogP contribution >= 0.6 is 0 Å². The summed E-state index contributed by atoms with van der Waals surface area (Å²) in [7, 11) is -6.86. The molecule has 0 bridgehead atoms. The van der Waals surface area contributed by atoms with Crippen molar-refractivity contribution in [3.63, 3.8) is 0 Å². The van der Waals surface area contributed by atoms with Crippen molar-refractivity contribution in [3.05, 3.63) is 35.4 Å². The highest BCUT2D eigenvalue weighted by molar-refractivity contribution is 7.89. The van der Waals surface area contributed by atoms with Crippen LogP contribution in [0.3, 0.4) is 0 Å². The summed E-state index contributed by atoms with van der Waals surface area (Å²) in [4.78, 5) is 0. The Labute approximate surface area is 118 Å². The van der Waals surface area contributed by atoms with E-state index in [4.69, 9.17) is 5.26 Å². The first-order valence-electron chi connectivity index (χ1n) is 5.63. The number of hydrogen-bond donors (Lipinski definition) is 2. The summed E-state index contributed by atoms with van der Waals surface area (Å²) in [6.07, 6.45) is 0.998. The molecule has 2 N–H and O–H groups in total. The Morgan fingerprint density at radius 2 is 1.60 bits per heavy atom. The zero-order chi connectivity index (χ0) is 15.2. The predicted octanol–water partition coefficient (Wildman–Crippen LogP) is -0.473. The van der Waals surface area contributed by atoms with Gasteiger partial charge in [0.2, 0.25) is 20.0 Å². The lowest BCUT2D eigenvalue weighted by Gasteiger charge is -2.07. The van der Waals surface area contributed by atoms with Gasteiger partial charge in [-0.3, -0.25) is 0 Å². The van der Waals surface area contributed by atoms with Gasteiger partial charge in [0.25, 0.3) is 0 Å². The number of sulfonamides is 2. The van der Waals surface area contributed by atoms with Gasteiger partial charge in [-0.2, -0.15) is 5.26 Å². The summed E-state index contributed by atoms with van der Waals surface area (Å²) in [5.74, 6) is -0.225. The van der Waals surface area contributed by atoms with E-state index in [1.807, 2.05) is 6.07 Å². The van der Waals surface area contributed by atoms with Gasteiger partial charge in [0.1, 0.15) is 0 Å². The second kappa shape index (κ2) is 6.81. The molecule has 0 amide bonds. The topological polar surface area (TPSA) is 116 Å². The highest BCUT2D eigenvalue weighted by Crippen LogP contribution is 2.06. The lowest BCUT2D eigenvalue weighted by atomic mass is 10.2. The number of nitrogens with one attached hydrogen (secondary N) is 2. The third-order valence-electron chi connectivity index (χ3n) is 2.25. The maximum absolute atomic E-state index is 11.7. The van der Waals surface area contributed by atoms with E-state index < -0.39 is 20.0 Å². The number of nitrogens with zero attached hydrogens (tertiary/aromatic N) is 1. The van der Waals surface area contributed by atoms with E-state index in [2.05, 4.69) is 9.44 Å². The highest BCUT2D eigenvalue weighted by Gasteiger charge is 2.11. The molecule has 110 valence electrons. The van der Waals surface area contributed by atoms with Crippen molar-refractivity contribution in [1.29, 1.82) is 5.26 Å². The van der Waals surface area contributed by atoms with Gasteiger partial charge in [-0.15, -0.1) is 0 Å². The molecule has 0 aromatic heterocycles. The Morgan fingerprint density at radius 1 is 1.05 bits per heavy atom. The fourth-order valence-corrected chi connectivity index (χ4v) is 3.01. The molecule has 1 aromatic rings. The van der Waals surface area contributed by atoms with Gasteiger partial charge in [-0.25, -0.2) is 26.3 Å². The molecule has 0 aliphatic rings. The molecule has 1 aromatic carbocycles. The van der Waals surface area contributed by atoms with Crippen LogP contribution in [0.15, 0.2) is 24.3 Å². The Kier molecular flexibility index (Phi) is 5.64. The van der Waals surface area contributed by atoms with Gasteiger partial charge in [-0.1, -0.05) is 12.1 Å². The fourth-order valence-electron chi connectivity index (χ4n) is 1.39. The molecule has 0 heterocycles. The number of nitriles is 1. The van der Waals surface area contributed by atoms with Crippen LogP contribution in [0.1, 0.15) is 11.1 Å². The molecule has 0 saturated heterocycles. The Morgan fingerprint density at radius 3 is 2.10 bits per heavy atom. The van der Waals surface area contributed by atoms with Gasteiger partial charge in [-0.05, 0) is 17.7 Å². The zero-order valence-electron chi connectivity index (χ0n) is 10.8. The first kappa shape index (κ1) is 16.6. The van der Waals surface area contributed by atoms with E-state index in [-0.39, 0.29) is 18.8 Å². The van der Waals surface area contributed by atoms with Crippen molar-refractivity contribution < 1.29 is 16.8 Å². The van der Waals surface area contributed by atoms with Gasteiger partial charge < -0.3 is 0 Å². The first-order valence-corrected chi connectivity index (χ1v) is 9.17. The summed E-state index contributed by atoms with van der Waals surface area (Å²) in [5.41, 5.74) is 1.00. The molecule has 1 rings (SSSR count). The zero-order valence-corrected chi connectivity index (χ0v) is 12.5. The summed E-state index contributed by atoms with van der Waals surface area (Å²) in [6.45, 7) is -0.0306. The van der Waals surface area contributed by atoms with Crippen LogP contribution in [0.2, 0.25) is 0 Å². The van der Waals surface area contributed by atoms with Crippen molar-refractivity contribution >= 4 is 20.0 Å². The fraction of sp³-hybridized carbons (Fsp3) is 0.364. The van der Waals surface area contributed by atoms with Crippen molar-refractivity contribution in [1.82, 2.24) is 9.44 Å². The molecule has 0 aliphatic carbocycles. The summed E-state index contributed by atoms with van der Waals surface area (Å²) >= 11 is 0. The van der Waals surface area contributed by atoms with Crippen LogP contribution in [0.4, 0.5) is 0 Å². The lowest BCUT2D eigenvalue weighted by Crippen LogP contribution is -2.34. The maximum atomic E-state index is 11.7. The average molecular weight is 317 g/mol. The van der Waals surface area contributed by atoms with Crippen molar-refractivity contribution in [2.75, 3.05) is 19.3 Å². The summed E-state index contributed by atoms with van der Waals surface area (Å²) in [6, 6.07) is 8.14. The number of hydrogen-bond acceptors (Lipinski definition) is 5. The monoisotopic (exact) mass is 317 g/mol. The van der Waals surface area contributed by atoms with Crippen molar-refractivity contribution in [2.24, 2.45) is 0 Å². The SMILES string of the molecule is CS(=O)(=O)NCCNS(=O)(=O)Cc1ccc(C#N)cc1. The van der Waals surface area contributed by atoms with Crippen molar-refractivity contribution in [2.45, 2.75) is 5.75 Å². The molecule has 7 nitrogen and oxygen atoms in total. The smallest absolute Gasteiger partial charge is 0.214 e. The van der Waals surface area contributed by atoms with Crippen LogP contribution in [-0.2, 0) is 25.8 Å². The molecular formula is C11H15N3O4S2. The predicted molar refractivity (Wildman–Crippen MR) is 74.6 cm³/mol. The van der Waals surface area contributed by atoms with Gasteiger partial charge >= 0.3 is 0 Å². The van der Waals surface area contributed by atoms with Crippen LogP contribution in [0.5, 0.6) is 0 Å². The number of benzene rings is 1. The van der Waals surface area contributed by atoms with Gasteiger partial charge in [0.15, 0.2) is 0 Å². The van der Waals surface area contributed by atoms with E-state index in [0.29, 0.717) is 11.1 Å². The minimum atomic E-state index is -3.54. The normalized spacial score (nSPS) is 12.0. The number of rotatable bonds is 7. The molecule has 0 radical (unpaired) electrons. The maximum Gasteiger partial charge on any atom is 0.215 e. The molecule has 0 saturated carbocycles. The Balaban J connectivity index is 2.51. The van der Waals surface area contributed by atoms with E-state index in [1.165, 1.54) is 12.1 Å². The van der Waals surface area contributed by atoms with Crippen LogP contribution in [0.25, 0.3) is 0 Å². The van der Waals surface area contributed by atoms with E-state index in [0.717, 1.165) is 6.26 Å². The summed E-state index contributed by atoms with van der Waals surface area (Å²) in [5, 5.41) is 8.63. The van der Waals surface area contributed by atoms with Crippen molar-refractivity contribution in [3.8, 4) is 6.07 Å². The lowest BCUT2D eigenvalue weighted by molar-refractivity contribution is 0.572. The summed E-state index contributed by atoms with van der Waals surface area (Å²) < 4.78 is 49.5. The van der Waals surface area contributed by atoms with Gasteiger partial charge in [0, 0.05) is 13.1 Å². The van der Waals surface area contributed by atoms with Gasteiger partial charge in [0.05, 0.1) is 23.6 Å². The molecule has 0 spiro atoms. The molecule has 0 fully saturated rings. The third kappa shape index (κ3) is 6.63. The van der Waals surface area contributed by atoms with Crippen LogP contribution in [0, 0.1) is 11.3 Å². The second-order valence-corrected chi connectivity index (χ2v) is 7.77. The van der Waals surface area contributed by atoms with Crippen LogP contribution in [-0.4, -0.2) is 36.2 Å². The molecule has 0 unspecified atom stereocenters. The average Bonchev–Trinajstić information content (AvgIpc) is 2.34. The molecular weight excluding hydrogens is 302 g/mol. The first-order chi connectivity index (χ1) is 9.22. The molecule has 0 aliphatic heterocycles. The minimum Gasteiger partial charge on any atom is -0.214 e. The molecule has 20 heavy (non-hydrogen) atoms. The Hall–Kier alpha value is -1.47. The molecule has 0 atom stereocenters. The highest BCUT2D eigenvalue weighted by atomic mass is 32.2. The van der Waals surface area contributed by atoms with E-state index in [9.17, 15) is 16.8 Å². The second-order valence-electron chi connectivity index (χ2n) is 4.13. The quantitative estimate of drug-likeness (QED) is 0.659. The van der Waals surface area contributed by atoms with E-state index in [1.54, 1.807) is 12.1 Å². The van der Waals surface area contributed by atoms with Crippen LogP contribution < -0.4 is 9.44 Å². The largest absolute Gasteiger partial charge is 0.215 e.